The van der Waals surface area contributed by atoms with E-state index in [0.29, 0.717) is 0 Å². The first-order valence-electron chi connectivity index (χ1n) is 8.14. The minimum absolute atomic E-state index is 0.00599. The van der Waals surface area contributed by atoms with Crippen LogP contribution in [0.4, 0.5) is 20.2 Å². The van der Waals surface area contributed by atoms with E-state index >= 15 is 0 Å². The molecule has 1 heterocycles. The number of halogens is 2. The van der Waals surface area contributed by atoms with Crippen LogP contribution in [0, 0.1) is 11.6 Å². The van der Waals surface area contributed by atoms with Crippen LogP contribution in [0.5, 0.6) is 5.75 Å². The van der Waals surface area contributed by atoms with E-state index in [0.717, 1.165) is 48.9 Å². The Morgan fingerprint density at radius 1 is 1.12 bits per heavy atom. The number of rotatable bonds is 4. The number of hydrogen-bond acceptors (Lipinski definition) is 3. The van der Waals surface area contributed by atoms with Crippen LogP contribution < -0.4 is 15.1 Å². The van der Waals surface area contributed by atoms with E-state index in [1.807, 2.05) is 12.1 Å². The van der Waals surface area contributed by atoms with Crippen molar-refractivity contribution < 1.29 is 23.6 Å². The molecular weight excluding hydrogens is 328 g/mol. The zero-order valence-electron chi connectivity index (χ0n) is 13.6. The Labute approximate surface area is 144 Å². The molecule has 2 aromatic rings. The highest BCUT2D eigenvalue weighted by molar-refractivity contribution is 5.91. The number of phenols is 1. The molecule has 0 aliphatic carbocycles. The van der Waals surface area contributed by atoms with Crippen LogP contribution in [-0.4, -0.2) is 43.7 Å². The quantitative estimate of drug-likeness (QED) is 0.773. The van der Waals surface area contributed by atoms with Gasteiger partial charge >= 0.3 is 0 Å². The van der Waals surface area contributed by atoms with Crippen LogP contribution in [0.1, 0.15) is 0 Å². The molecular formula is C18H20F2N3O2+. The standard InChI is InChI=1S/C18H19F2N3O2/c19-13-1-6-17(16(20)11-13)21-18(25)12-22-7-9-23(10-8-22)14-2-4-15(24)5-3-14/h1-6,11,24H,7-10,12H2,(H,21,25)/p+1. The van der Waals surface area contributed by atoms with Crippen molar-refractivity contribution in [2.75, 3.05) is 42.9 Å². The number of piperazine rings is 1. The summed E-state index contributed by atoms with van der Waals surface area (Å²) in [5.74, 6) is -1.51. The van der Waals surface area contributed by atoms with Gasteiger partial charge in [0, 0.05) is 11.8 Å². The van der Waals surface area contributed by atoms with Gasteiger partial charge in [-0.1, -0.05) is 0 Å². The lowest BCUT2D eigenvalue weighted by molar-refractivity contribution is -0.892. The lowest BCUT2D eigenvalue weighted by Crippen LogP contribution is -3.15. The van der Waals surface area contributed by atoms with Crippen molar-refractivity contribution >= 4 is 17.3 Å². The molecule has 5 nitrogen and oxygen atoms in total. The number of amides is 1. The lowest BCUT2D eigenvalue weighted by Gasteiger charge is -2.33. The van der Waals surface area contributed by atoms with Crippen LogP contribution in [0.15, 0.2) is 42.5 Å². The summed E-state index contributed by atoms with van der Waals surface area (Å²) in [6, 6.07) is 10.1. The van der Waals surface area contributed by atoms with E-state index in [4.69, 9.17) is 0 Å². The maximum absolute atomic E-state index is 13.6. The molecule has 1 aliphatic heterocycles. The monoisotopic (exact) mass is 348 g/mol. The summed E-state index contributed by atoms with van der Waals surface area (Å²) in [7, 11) is 0. The van der Waals surface area contributed by atoms with E-state index in [1.165, 1.54) is 6.07 Å². The maximum Gasteiger partial charge on any atom is 0.279 e. The summed E-state index contributed by atoms with van der Waals surface area (Å²) < 4.78 is 26.5. The Morgan fingerprint density at radius 3 is 2.44 bits per heavy atom. The summed E-state index contributed by atoms with van der Waals surface area (Å²) in [4.78, 5) is 15.4. The summed E-state index contributed by atoms with van der Waals surface area (Å²) in [5, 5.41) is 11.8. The summed E-state index contributed by atoms with van der Waals surface area (Å²) in [6.07, 6.45) is 0. The number of quaternary nitrogens is 1. The number of benzene rings is 2. The predicted molar refractivity (Wildman–Crippen MR) is 90.9 cm³/mol. The van der Waals surface area contributed by atoms with Crippen molar-refractivity contribution in [1.82, 2.24) is 0 Å². The van der Waals surface area contributed by atoms with Crippen LogP contribution in [-0.2, 0) is 4.79 Å². The van der Waals surface area contributed by atoms with Gasteiger partial charge in [0.2, 0.25) is 0 Å². The highest BCUT2D eigenvalue weighted by atomic mass is 19.1. The molecule has 132 valence electrons. The molecule has 0 saturated carbocycles. The summed E-state index contributed by atoms with van der Waals surface area (Å²) in [5.41, 5.74) is 1.03. The van der Waals surface area contributed by atoms with Gasteiger partial charge in [-0.25, -0.2) is 8.78 Å². The van der Waals surface area contributed by atoms with Crippen molar-refractivity contribution in [3.05, 3.63) is 54.1 Å². The minimum Gasteiger partial charge on any atom is -0.508 e. The lowest BCUT2D eigenvalue weighted by atomic mass is 10.2. The van der Waals surface area contributed by atoms with E-state index in [9.17, 15) is 18.7 Å². The number of hydrogen-bond donors (Lipinski definition) is 3. The third kappa shape index (κ3) is 4.45. The fourth-order valence-electron chi connectivity index (χ4n) is 2.93. The van der Waals surface area contributed by atoms with E-state index < -0.39 is 11.6 Å². The Morgan fingerprint density at radius 2 is 1.80 bits per heavy atom. The van der Waals surface area contributed by atoms with Crippen molar-refractivity contribution in [3.8, 4) is 5.75 Å². The summed E-state index contributed by atoms with van der Waals surface area (Å²) >= 11 is 0. The number of phenolic OH excluding ortho intramolecular Hbond substituents is 1. The molecule has 3 rings (SSSR count). The second kappa shape index (κ2) is 7.48. The van der Waals surface area contributed by atoms with Gasteiger partial charge in [0.05, 0.1) is 31.9 Å². The molecule has 0 radical (unpaired) electrons. The first-order valence-corrected chi connectivity index (χ1v) is 8.14. The van der Waals surface area contributed by atoms with Crippen LogP contribution in [0.25, 0.3) is 0 Å². The minimum atomic E-state index is -0.777. The van der Waals surface area contributed by atoms with Crippen LogP contribution in [0.2, 0.25) is 0 Å². The first-order chi connectivity index (χ1) is 12.0. The van der Waals surface area contributed by atoms with Gasteiger partial charge in [-0.2, -0.15) is 0 Å². The van der Waals surface area contributed by atoms with Crippen molar-refractivity contribution in [2.45, 2.75) is 0 Å². The van der Waals surface area contributed by atoms with E-state index in [2.05, 4.69) is 10.2 Å². The molecule has 3 N–H and O–H groups in total. The highest BCUT2D eigenvalue weighted by Gasteiger charge is 2.22. The zero-order chi connectivity index (χ0) is 17.8. The predicted octanol–water partition coefficient (Wildman–Crippen LogP) is 1.01. The molecule has 25 heavy (non-hydrogen) atoms. The smallest absolute Gasteiger partial charge is 0.279 e. The topological polar surface area (TPSA) is 57.0 Å². The molecule has 0 unspecified atom stereocenters. The second-order valence-electron chi connectivity index (χ2n) is 6.10. The molecule has 0 bridgehead atoms. The zero-order valence-corrected chi connectivity index (χ0v) is 13.6. The Balaban J connectivity index is 1.50. The van der Waals surface area contributed by atoms with Crippen molar-refractivity contribution in [2.24, 2.45) is 0 Å². The number of anilines is 2. The Bertz CT molecular complexity index is 744. The number of nitrogens with zero attached hydrogens (tertiary/aromatic N) is 1. The van der Waals surface area contributed by atoms with Crippen molar-refractivity contribution in [3.63, 3.8) is 0 Å². The average molecular weight is 348 g/mol. The Hall–Kier alpha value is -2.67. The number of nitrogens with one attached hydrogen (secondary N) is 2. The van der Waals surface area contributed by atoms with Gasteiger partial charge in [0.15, 0.2) is 6.54 Å². The number of carbonyl (C=O) groups is 1. The average Bonchev–Trinajstić information content (AvgIpc) is 2.59. The highest BCUT2D eigenvalue weighted by Crippen LogP contribution is 2.18. The number of carbonyl (C=O) groups excluding carboxylic acids is 1. The van der Waals surface area contributed by atoms with Crippen molar-refractivity contribution in [1.29, 1.82) is 0 Å². The van der Waals surface area contributed by atoms with Gasteiger partial charge < -0.3 is 20.2 Å². The number of aromatic hydroxyl groups is 1. The Kier molecular flexibility index (Phi) is 5.14. The van der Waals surface area contributed by atoms with E-state index in [1.54, 1.807) is 12.1 Å². The van der Waals surface area contributed by atoms with Gasteiger partial charge in [-0.05, 0) is 36.4 Å². The van der Waals surface area contributed by atoms with Crippen LogP contribution in [0.3, 0.4) is 0 Å². The molecule has 1 saturated heterocycles. The molecule has 1 amide bonds. The fourth-order valence-corrected chi connectivity index (χ4v) is 2.93. The third-order valence-corrected chi connectivity index (χ3v) is 4.30. The molecule has 0 aromatic heterocycles. The second-order valence-corrected chi connectivity index (χ2v) is 6.10. The van der Waals surface area contributed by atoms with Gasteiger partial charge in [-0.3, -0.25) is 4.79 Å². The molecule has 0 spiro atoms. The molecule has 7 heteroatoms. The SMILES string of the molecule is O=C(C[NH+]1CCN(c2ccc(O)cc2)CC1)Nc1ccc(F)cc1F. The molecule has 1 fully saturated rings. The fraction of sp³-hybridized carbons (Fsp3) is 0.278. The largest absolute Gasteiger partial charge is 0.508 e. The third-order valence-electron chi connectivity index (χ3n) is 4.30. The summed E-state index contributed by atoms with van der Waals surface area (Å²) in [6.45, 7) is 3.37. The normalized spacial score (nSPS) is 15.2. The molecule has 1 aliphatic rings. The van der Waals surface area contributed by atoms with Gasteiger partial charge in [0.1, 0.15) is 17.4 Å². The first kappa shape index (κ1) is 17.2. The molecule has 0 atom stereocenters. The van der Waals surface area contributed by atoms with Gasteiger partial charge in [0.25, 0.3) is 5.91 Å². The maximum atomic E-state index is 13.6. The molecule has 2 aromatic carbocycles. The van der Waals surface area contributed by atoms with Crippen LogP contribution >= 0.6 is 0 Å². The van der Waals surface area contributed by atoms with E-state index in [-0.39, 0.29) is 23.9 Å². The van der Waals surface area contributed by atoms with Gasteiger partial charge in [-0.15, -0.1) is 0 Å².